The number of nitrogens with zero attached hydrogens (tertiary/aromatic N) is 3. The van der Waals surface area contributed by atoms with Gasteiger partial charge in [0.25, 0.3) is 5.91 Å². The second-order valence-electron chi connectivity index (χ2n) is 5.75. The van der Waals surface area contributed by atoms with Crippen LogP contribution >= 0.6 is 0 Å². The van der Waals surface area contributed by atoms with Crippen molar-refractivity contribution >= 4 is 18.0 Å². The van der Waals surface area contributed by atoms with Crippen LogP contribution in [0.15, 0.2) is 36.5 Å². The van der Waals surface area contributed by atoms with Crippen LogP contribution in [0.5, 0.6) is 0 Å². The molecule has 2 aromatic rings. The van der Waals surface area contributed by atoms with E-state index in [9.17, 15) is 14.0 Å². The van der Waals surface area contributed by atoms with E-state index in [-0.39, 0.29) is 11.7 Å². The average molecular weight is 327 g/mol. The Kier molecular flexibility index (Phi) is 4.55. The number of aromatic nitrogens is 1. The zero-order valence-electron chi connectivity index (χ0n) is 13.4. The molecule has 1 aliphatic rings. The van der Waals surface area contributed by atoms with Crippen molar-refractivity contribution in [1.29, 1.82) is 0 Å². The molecule has 24 heavy (non-hydrogen) atoms. The molecule has 1 aromatic carbocycles. The largest absolute Gasteiger partial charge is 0.353 e. The molecule has 1 aromatic heterocycles. The molecule has 0 atom stereocenters. The van der Waals surface area contributed by atoms with Crippen molar-refractivity contribution < 1.29 is 14.0 Å². The van der Waals surface area contributed by atoms with Gasteiger partial charge in [0.15, 0.2) is 0 Å². The lowest BCUT2D eigenvalue weighted by Crippen LogP contribution is -2.49. The van der Waals surface area contributed by atoms with Crippen LogP contribution < -0.4 is 4.90 Å². The van der Waals surface area contributed by atoms with Gasteiger partial charge in [-0.2, -0.15) is 0 Å². The maximum Gasteiger partial charge on any atom is 0.254 e. The number of rotatable bonds is 3. The number of hydrogen-bond donors (Lipinski definition) is 0. The van der Waals surface area contributed by atoms with E-state index in [1.165, 1.54) is 12.3 Å². The van der Waals surface area contributed by atoms with Crippen molar-refractivity contribution in [3.8, 4) is 0 Å². The number of anilines is 1. The van der Waals surface area contributed by atoms with E-state index in [0.717, 1.165) is 6.29 Å². The second kappa shape index (κ2) is 6.78. The molecule has 5 nitrogen and oxygen atoms in total. The summed E-state index contributed by atoms with van der Waals surface area (Å²) in [5, 5.41) is 0. The lowest BCUT2D eigenvalue weighted by Gasteiger charge is -2.35. The lowest BCUT2D eigenvalue weighted by atomic mass is 10.0. The molecule has 1 amide bonds. The van der Waals surface area contributed by atoms with Gasteiger partial charge in [0.05, 0.1) is 6.20 Å². The number of carbonyl (C=O) groups excluding carboxylic acids is 2. The minimum atomic E-state index is -0.363. The normalized spacial score (nSPS) is 14.6. The molecule has 0 aliphatic carbocycles. The van der Waals surface area contributed by atoms with Gasteiger partial charge in [-0.15, -0.1) is 0 Å². The van der Waals surface area contributed by atoms with E-state index in [2.05, 4.69) is 4.98 Å². The third kappa shape index (κ3) is 3.13. The summed E-state index contributed by atoms with van der Waals surface area (Å²) in [6, 6.07) is 8.21. The number of piperazine rings is 1. The molecule has 2 heterocycles. The first-order valence-electron chi connectivity index (χ1n) is 7.80. The summed E-state index contributed by atoms with van der Waals surface area (Å²) in [7, 11) is 0. The van der Waals surface area contributed by atoms with Crippen molar-refractivity contribution in [2.24, 2.45) is 0 Å². The van der Waals surface area contributed by atoms with Crippen molar-refractivity contribution in [3.63, 3.8) is 0 Å². The third-order valence-electron chi connectivity index (χ3n) is 4.34. The van der Waals surface area contributed by atoms with E-state index >= 15 is 0 Å². The van der Waals surface area contributed by atoms with E-state index in [1.807, 2.05) is 4.90 Å². The van der Waals surface area contributed by atoms with Gasteiger partial charge < -0.3 is 9.80 Å². The Morgan fingerprint density at radius 1 is 1.17 bits per heavy atom. The van der Waals surface area contributed by atoms with E-state index in [4.69, 9.17) is 0 Å². The minimum absolute atomic E-state index is 0.0667. The first-order valence-corrected chi connectivity index (χ1v) is 7.80. The molecule has 3 rings (SSSR count). The van der Waals surface area contributed by atoms with Crippen LogP contribution in [0.2, 0.25) is 0 Å². The monoisotopic (exact) mass is 327 g/mol. The topological polar surface area (TPSA) is 53.5 Å². The highest BCUT2D eigenvalue weighted by atomic mass is 19.1. The summed E-state index contributed by atoms with van der Waals surface area (Å²) >= 11 is 0. The molecule has 6 heteroatoms. The smallest absolute Gasteiger partial charge is 0.254 e. The lowest BCUT2D eigenvalue weighted by molar-refractivity contribution is 0.0746. The average Bonchev–Trinajstić information content (AvgIpc) is 2.62. The predicted molar refractivity (Wildman–Crippen MR) is 88.9 cm³/mol. The summed E-state index contributed by atoms with van der Waals surface area (Å²) in [6.07, 6.45) is 1.96. The number of benzene rings is 1. The van der Waals surface area contributed by atoms with Crippen LogP contribution in [-0.2, 0) is 0 Å². The van der Waals surface area contributed by atoms with Gasteiger partial charge in [-0.25, -0.2) is 9.37 Å². The highest BCUT2D eigenvalue weighted by molar-refractivity contribution is 5.98. The van der Waals surface area contributed by atoms with Crippen LogP contribution in [-0.4, -0.2) is 48.3 Å². The first-order chi connectivity index (χ1) is 11.6. The fourth-order valence-corrected chi connectivity index (χ4v) is 2.88. The van der Waals surface area contributed by atoms with E-state index in [1.54, 1.807) is 36.1 Å². The van der Waals surface area contributed by atoms with Gasteiger partial charge in [0.2, 0.25) is 0 Å². The van der Waals surface area contributed by atoms with Gasteiger partial charge in [-0.3, -0.25) is 9.59 Å². The van der Waals surface area contributed by atoms with Gasteiger partial charge in [0, 0.05) is 37.3 Å². The van der Waals surface area contributed by atoms with Gasteiger partial charge in [-0.1, -0.05) is 12.1 Å². The van der Waals surface area contributed by atoms with Gasteiger partial charge in [0.1, 0.15) is 17.9 Å². The Bertz CT molecular complexity index is 753. The van der Waals surface area contributed by atoms with E-state index in [0.29, 0.717) is 48.7 Å². The molecular formula is C18H18FN3O2. The number of halogens is 1. The zero-order valence-corrected chi connectivity index (χ0v) is 13.4. The Labute approximate surface area is 139 Å². The van der Waals surface area contributed by atoms with Crippen LogP contribution in [0.4, 0.5) is 10.2 Å². The molecule has 1 saturated heterocycles. The van der Waals surface area contributed by atoms with Crippen molar-refractivity contribution in [2.45, 2.75) is 6.92 Å². The highest BCUT2D eigenvalue weighted by Crippen LogP contribution is 2.18. The molecule has 124 valence electrons. The Balaban J connectivity index is 1.69. The Hall–Kier alpha value is -2.76. The minimum Gasteiger partial charge on any atom is -0.353 e. The predicted octanol–water partition coefficient (Wildman–Crippen LogP) is 2.30. The molecule has 0 unspecified atom stereocenters. The molecule has 1 aliphatic heterocycles. The zero-order chi connectivity index (χ0) is 17.1. The Morgan fingerprint density at radius 2 is 1.92 bits per heavy atom. The number of amides is 1. The summed E-state index contributed by atoms with van der Waals surface area (Å²) in [5.74, 6) is 0.281. The van der Waals surface area contributed by atoms with Crippen LogP contribution in [0.3, 0.4) is 0 Å². The van der Waals surface area contributed by atoms with Crippen molar-refractivity contribution in [1.82, 2.24) is 9.88 Å². The van der Waals surface area contributed by atoms with Gasteiger partial charge in [-0.05, 0) is 30.7 Å². The van der Waals surface area contributed by atoms with Crippen LogP contribution in [0.25, 0.3) is 0 Å². The van der Waals surface area contributed by atoms with E-state index < -0.39 is 0 Å². The highest BCUT2D eigenvalue weighted by Gasteiger charge is 2.24. The van der Waals surface area contributed by atoms with Crippen LogP contribution in [0.1, 0.15) is 26.3 Å². The molecule has 0 saturated carbocycles. The summed E-state index contributed by atoms with van der Waals surface area (Å²) in [4.78, 5) is 31.6. The Morgan fingerprint density at radius 3 is 2.54 bits per heavy atom. The summed E-state index contributed by atoms with van der Waals surface area (Å²) in [6.45, 7) is 4.18. The number of pyridine rings is 1. The summed E-state index contributed by atoms with van der Waals surface area (Å²) < 4.78 is 13.0. The SMILES string of the molecule is Cc1c(C=O)cccc1C(=O)N1CCN(c2ccc(F)cn2)CC1. The fraction of sp³-hybridized carbons (Fsp3) is 0.278. The molecule has 1 fully saturated rings. The fourth-order valence-electron chi connectivity index (χ4n) is 2.88. The molecule has 0 N–H and O–H groups in total. The first kappa shape index (κ1) is 16.1. The molecular weight excluding hydrogens is 309 g/mol. The van der Waals surface area contributed by atoms with Crippen molar-refractivity contribution in [3.05, 3.63) is 59.0 Å². The van der Waals surface area contributed by atoms with Gasteiger partial charge >= 0.3 is 0 Å². The maximum atomic E-state index is 13.0. The molecule has 0 spiro atoms. The third-order valence-corrected chi connectivity index (χ3v) is 4.34. The second-order valence-corrected chi connectivity index (χ2v) is 5.75. The quantitative estimate of drug-likeness (QED) is 0.812. The van der Waals surface area contributed by atoms with Crippen LogP contribution in [0, 0.1) is 12.7 Å². The van der Waals surface area contributed by atoms with Crippen molar-refractivity contribution in [2.75, 3.05) is 31.1 Å². The number of aldehydes is 1. The maximum absolute atomic E-state index is 13.0. The summed E-state index contributed by atoms with van der Waals surface area (Å²) in [5.41, 5.74) is 1.81. The molecule has 0 radical (unpaired) electrons. The number of carbonyl (C=O) groups is 2. The molecule has 0 bridgehead atoms. The number of hydrogen-bond acceptors (Lipinski definition) is 4. The standard InChI is InChI=1S/C18H18FN3O2/c1-13-14(12-23)3-2-4-16(13)18(24)22-9-7-21(8-10-22)17-6-5-15(19)11-20-17/h2-6,11-12H,7-10H2,1H3.